The van der Waals surface area contributed by atoms with Gasteiger partial charge in [0, 0.05) is 25.2 Å². The molecule has 0 N–H and O–H groups in total. The van der Waals surface area contributed by atoms with E-state index in [1.807, 2.05) is 0 Å². The number of nitrogens with zero attached hydrogens (tertiary/aromatic N) is 1. The van der Waals surface area contributed by atoms with Gasteiger partial charge >= 0.3 is 35.5 Å². The van der Waals surface area contributed by atoms with Crippen LogP contribution in [0.3, 0.4) is 0 Å². The Labute approximate surface area is 138 Å². The van der Waals surface area contributed by atoms with E-state index in [0.717, 1.165) is 0 Å². The molecule has 1 rings (SSSR count). The average Bonchev–Trinajstić information content (AvgIpc) is 2.65. The van der Waals surface area contributed by atoms with Gasteiger partial charge in [0.2, 0.25) is 0 Å². The molecular formula is C12H16NNaO6. The molecule has 0 aliphatic carbocycles. The molecule has 0 aromatic heterocycles. The first-order chi connectivity index (χ1) is 9.00. The van der Waals surface area contributed by atoms with Gasteiger partial charge in [-0.2, -0.15) is 0 Å². The van der Waals surface area contributed by atoms with Crippen LogP contribution in [0, 0.1) is 0 Å². The van der Waals surface area contributed by atoms with Gasteiger partial charge in [-0.3, -0.25) is 9.59 Å². The van der Waals surface area contributed by atoms with Crippen LogP contribution in [0.4, 0.5) is 0 Å². The molecule has 0 radical (unpaired) electrons. The van der Waals surface area contributed by atoms with Crippen molar-refractivity contribution in [1.29, 1.82) is 0 Å². The Morgan fingerprint density at radius 3 is 2.00 bits per heavy atom. The number of hydroxylamine groups is 2. The summed E-state index contributed by atoms with van der Waals surface area (Å²) in [4.78, 5) is 48.5. The maximum Gasteiger partial charge on any atom is 1.00 e. The third kappa shape index (κ3) is 7.02. The molecule has 2 amide bonds. The molecule has 7 nitrogen and oxygen atoms in total. The van der Waals surface area contributed by atoms with Gasteiger partial charge in [0.15, 0.2) is 0 Å². The van der Waals surface area contributed by atoms with Crippen LogP contribution < -0.4 is 34.7 Å². The fourth-order valence-electron chi connectivity index (χ4n) is 1.70. The topological polar surface area (TPSA) is 104 Å². The molecule has 20 heavy (non-hydrogen) atoms. The van der Waals surface area contributed by atoms with Gasteiger partial charge in [-0.1, -0.05) is 12.8 Å². The van der Waals surface area contributed by atoms with Crippen molar-refractivity contribution in [2.45, 2.75) is 51.4 Å². The van der Waals surface area contributed by atoms with Crippen LogP contribution in [0.15, 0.2) is 0 Å². The number of amides is 2. The summed E-state index contributed by atoms with van der Waals surface area (Å²) in [5.41, 5.74) is 0. The number of carbonyl (C=O) groups excluding carboxylic acids is 4. The molecule has 8 heteroatoms. The van der Waals surface area contributed by atoms with Crippen molar-refractivity contribution < 1.29 is 58.7 Å². The molecule has 1 aliphatic heterocycles. The third-order valence-electron chi connectivity index (χ3n) is 2.71. The van der Waals surface area contributed by atoms with Crippen molar-refractivity contribution >= 4 is 23.8 Å². The molecule has 0 spiro atoms. The SMILES string of the molecule is O=C([O-])CCCCCCC(=O)ON1C(=O)CCC1=O.[Na+]. The summed E-state index contributed by atoms with van der Waals surface area (Å²) < 4.78 is 0. The minimum Gasteiger partial charge on any atom is -0.550 e. The summed E-state index contributed by atoms with van der Waals surface area (Å²) in [5.74, 6) is -2.69. The Morgan fingerprint density at radius 1 is 1.00 bits per heavy atom. The van der Waals surface area contributed by atoms with Crippen molar-refractivity contribution in [2.24, 2.45) is 0 Å². The van der Waals surface area contributed by atoms with E-state index in [-0.39, 0.29) is 55.2 Å². The van der Waals surface area contributed by atoms with Crippen molar-refractivity contribution in [3.63, 3.8) is 0 Å². The minimum absolute atomic E-state index is 0. The van der Waals surface area contributed by atoms with Crippen LogP contribution in [-0.2, 0) is 24.0 Å². The van der Waals surface area contributed by atoms with E-state index in [2.05, 4.69) is 4.84 Å². The first kappa shape index (κ1) is 19.1. The molecule has 0 unspecified atom stereocenters. The normalized spacial score (nSPS) is 14.1. The molecule has 106 valence electrons. The molecule has 1 saturated heterocycles. The first-order valence-electron chi connectivity index (χ1n) is 6.27. The number of carbonyl (C=O) groups is 4. The third-order valence-corrected chi connectivity index (χ3v) is 2.71. The second-order valence-electron chi connectivity index (χ2n) is 4.33. The molecule has 0 aromatic carbocycles. The summed E-state index contributed by atoms with van der Waals surface area (Å²) >= 11 is 0. The Hall–Kier alpha value is -0.920. The van der Waals surface area contributed by atoms with Crippen LogP contribution in [0.25, 0.3) is 0 Å². The monoisotopic (exact) mass is 293 g/mol. The zero-order chi connectivity index (χ0) is 14.3. The Bertz CT molecular complexity index is 368. The predicted molar refractivity (Wildman–Crippen MR) is 59.9 cm³/mol. The number of aliphatic carboxylic acids is 1. The molecule has 0 aromatic rings. The summed E-state index contributed by atoms with van der Waals surface area (Å²) in [6, 6.07) is 0. The summed E-state index contributed by atoms with van der Waals surface area (Å²) in [6.07, 6.45) is 2.68. The van der Waals surface area contributed by atoms with Gasteiger partial charge in [0.05, 0.1) is 0 Å². The molecule has 1 aliphatic rings. The van der Waals surface area contributed by atoms with Gasteiger partial charge in [0.1, 0.15) is 0 Å². The number of hydrogen-bond donors (Lipinski definition) is 0. The van der Waals surface area contributed by atoms with Crippen LogP contribution in [0.5, 0.6) is 0 Å². The molecule has 1 heterocycles. The number of hydrogen-bond acceptors (Lipinski definition) is 6. The zero-order valence-electron chi connectivity index (χ0n) is 11.6. The van der Waals surface area contributed by atoms with Crippen LogP contribution >= 0.6 is 0 Å². The van der Waals surface area contributed by atoms with E-state index in [9.17, 15) is 24.3 Å². The van der Waals surface area contributed by atoms with E-state index in [4.69, 9.17) is 0 Å². The van der Waals surface area contributed by atoms with Gasteiger partial charge in [-0.25, -0.2) is 4.79 Å². The fraction of sp³-hybridized carbons (Fsp3) is 0.667. The van der Waals surface area contributed by atoms with Gasteiger partial charge in [-0.15, -0.1) is 5.06 Å². The number of imide groups is 1. The van der Waals surface area contributed by atoms with E-state index in [1.54, 1.807) is 0 Å². The van der Waals surface area contributed by atoms with E-state index in [1.165, 1.54) is 0 Å². The van der Waals surface area contributed by atoms with Crippen LogP contribution in [0.2, 0.25) is 0 Å². The standard InChI is InChI=1S/C12H17NO6.Na/c14-9-7-8-10(15)13(9)19-12(18)6-4-2-1-3-5-11(16)17;/h1-8H2,(H,16,17);/q;+1/p-1. The Kier molecular flexibility index (Phi) is 9.45. The van der Waals surface area contributed by atoms with Gasteiger partial charge < -0.3 is 14.7 Å². The quantitative estimate of drug-likeness (QED) is 0.264. The van der Waals surface area contributed by atoms with E-state index in [0.29, 0.717) is 30.7 Å². The Morgan fingerprint density at radius 2 is 1.50 bits per heavy atom. The molecule has 0 bridgehead atoms. The molecule has 0 atom stereocenters. The number of rotatable bonds is 8. The maximum absolute atomic E-state index is 11.4. The minimum atomic E-state index is -1.08. The van der Waals surface area contributed by atoms with Crippen LogP contribution in [-0.4, -0.2) is 28.8 Å². The largest absolute Gasteiger partial charge is 1.00 e. The summed E-state index contributed by atoms with van der Waals surface area (Å²) in [7, 11) is 0. The first-order valence-corrected chi connectivity index (χ1v) is 6.27. The number of unbranched alkanes of at least 4 members (excludes halogenated alkanes) is 3. The second-order valence-corrected chi connectivity index (χ2v) is 4.33. The average molecular weight is 293 g/mol. The van der Waals surface area contributed by atoms with Crippen molar-refractivity contribution in [1.82, 2.24) is 5.06 Å². The van der Waals surface area contributed by atoms with Crippen molar-refractivity contribution in [2.75, 3.05) is 0 Å². The second kappa shape index (κ2) is 9.90. The molecule has 1 fully saturated rings. The molecule has 0 saturated carbocycles. The smallest absolute Gasteiger partial charge is 0.550 e. The van der Waals surface area contributed by atoms with Gasteiger partial charge in [-0.05, 0) is 19.3 Å². The van der Waals surface area contributed by atoms with E-state index < -0.39 is 23.8 Å². The predicted octanol–water partition coefficient (Wildman–Crippen LogP) is -3.31. The van der Waals surface area contributed by atoms with Gasteiger partial charge in [0.25, 0.3) is 11.8 Å². The maximum atomic E-state index is 11.4. The molecular weight excluding hydrogens is 277 g/mol. The zero-order valence-corrected chi connectivity index (χ0v) is 13.6. The van der Waals surface area contributed by atoms with E-state index >= 15 is 0 Å². The van der Waals surface area contributed by atoms with Crippen molar-refractivity contribution in [3.8, 4) is 0 Å². The number of carboxylic acids is 1. The van der Waals surface area contributed by atoms with Crippen molar-refractivity contribution in [3.05, 3.63) is 0 Å². The summed E-state index contributed by atoms with van der Waals surface area (Å²) in [6.45, 7) is 0. The number of carboxylic acid groups (broad SMARTS) is 1. The fourth-order valence-corrected chi connectivity index (χ4v) is 1.70. The van der Waals surface area contributed by atoms with Crippen LogP contribution in [0.1, 0.15) is 51.4 Å². The Balaban J connectivity index is 0.00000361. The summed E-state index contributed by atoms with van der Waals surface area (Å²) in [5, 5.41) is 10.7.